The second-order valence-electron chi connectivity index (χ2n) is 6.42. The lowest BCUT2D eigenvalue weighted by Crippen LogP contribution is -2.50. The van der Waals surface area contributed by atoms with Crippen LogP contribution >= 0.6 is 0 Å². The zero-order valence-corrected chi connectivity index (χ0v) is 12.5. The number of nitrogens with one attached hydrogen (secondary N) is 2. The number of nitrogens with zero attached hydrogens (tertiary/aromatic N) is 1. The van der Waals surface area contributed by atoms with Crippen LogP contribution in [0.1, 0.15) is 41.0 Å². The van der Waals surface area contributed by atoms with Gasteiger partial charge in [0.05, 0.1) is 6.04 Å². The minimum Gasteiger partial charge on any atom is -0.350 e. The smallest absolute Gasteiger partial charge is 0.237 e. The number of amides is 1. The van der Waals surface area contributed by atoms with Crippen molar-refractivity contribution in [2.75, 3.05) is 26.2 Å². The molecule has 0 aromatic rings. The molecular formula is C14H29N3O. The Balaban J connectivity index is 2.25. The van der Waals surface area contributed by atoms with Crippen LogP contribution in [0.3, 0.4) is 0 Å². The summed E-state index contributed by atoms with van der Waals surface area (Å²) < 4.78 is 0. The first-order valence-electron chi connectivity index (χ1n) is 7.09. The van der Waals surface area contributed by atoms with Crippen LogP contribution in [0.15, 0.2) is 0 Å². The summed E-state index contributed by atoms with van der Waals surface area (Å²) in [4.78, 5) is 14.4. The third-order valence-electron chi connectivity index (χ3n) is 3.42. The maximum absolute atomic E-state index is 11.9. The lowest BCUT2D eigenvalue weighted by molar-refractivity contribution is -0.124. The van der Waals surface area contributed by atoms with Crippen LogP contribution in [-0.2, 0) is 4.79 Å². The summed E-state index contributed by atoms with van der Waals surface area (Å²) >= 11 is 0. The van der Waals surface area contributed by atoms with Crippen molar-refractivity contribution in [3.63, 3.8) is 0 Å². The molecule has 0 saturated carbocycles. The predicted octanol–water partition coefficient (Wildman–Crippen LogP) is 1.22. The molecular weight excluding hydrogens is 226 g/mol. The van der Waals surface area contributed by atoms with E-state index < -0.39 is 0 Å². The molecule has 0 aromatic carbocycles. The summed E-state index contributed by atoms with van der Waals surface area (Å²) in [6.45, 7) is 14.6. The molecule has 1 amide bonds. The predicted molar refractivity (Wildman–Crippen MR) is 75.6 cm³/mol. The average molecular weight is 255 g/mol. The molecule has 106 valence electrons. The Morgan fingerprint density at radius 3 is 2.61 bits per heavy atom. The molecule has 18 heavy (non-hydrogen) atoms. The number of carbonyl (C=O) groups is 1. The molecule has 0 aromatic heterocycles. The molecule has 1 saturated heterocycles. The van der Waals surface area contributed by atoms with Crippen molar-refractivity contribution in [3.05, 3.63) is 0 Å². The number of rotatable bonds is 5. The van der Waals surface area contributed by atoms with E-state index in [1.165, 1.54) is 13.0 Å². The lowest BCUT2D eigenvalue weighted by Gasteiger charge is -2.24. The summed E-state index contributed by atoms with van der Waals surface area (Å²) in [5.74, 6) is 0.780. The highest BCUT2D eigenvalue weighted by Gasteiger charge is 2.23. The van der Waals surface area contributed by atoms with Crippen LogP contribution in [0.25, 0.3) is 0 Å². The molecule has 1 heterocycles. The second-order valence-corrected chi connectivity index (χ2v) is 6.42. The minimum atomic E-state index is -0.153. The molecule has 1 rings (SSSR count). The van der Waals surface area contributed by atoms with Crippen LogP contribution in [0.5, 0.6) is 0 Å². The van der Waals surface area contributed by atoms with Gasteiger partial charge in [0.1, 0.15) is 0 Å². The summed E-state index contributed by atoms with van der Waals surface area (Å²) in [6.07, 6.45) is 1.24. The fraction of sp³-hybridized carbons (Fsp3) is 0.929. The van der Waals surface area contributed by atoms with Crippen LogP contribution in [0.2, 0.25) is 0 Å². The van der Waals surface area contributed by atoms with Gasteiger partial charge in [-0.3, -0.25) is 4.79 Å². The van der Waals surface area contributed by atoms with Crippen molar-refractivity contribution in [1.82, 2.24) is 15.5 Å². The normalized spacial score (nSPS) is 23.1. The highest BCUT2D eigenvalue weighted by atomic mass is 16.2. The Morgan fingerprint density at radius 1 is 1.44 bits per heavy atom. The monoisotopic (exact) mass is 255 g/mol. The number of hydrogen-bond donors (Lipinski definition) is 2. The summed E-state index contributed by atoms with van der Waals surface area (Å²) in [7, 11) is 0. The molecule has 1 fully saturated rings. The standard InChI is InChI=1S/C14H29N3O/c1-6-17-8-7-12(10-17)9-15-11(2)13(18)16-14(3,4)5/h11-12,15H,6-10H2,1-5H3,(H,16,18). The van der Waals surface area contributed by atoms with Crippen molar-refractivity contribution in [2.45, 2.75) is 52.6 Å². The van der Waals surface area contributed by atoms with Gasteiger partial charge in [-0.25, -0.2) is 0 Å². The fourth-order valence-electron chi connectivity index (χ4n) is 2.28. The van der Waals surface area contributed by atoms with Crippen LogP contribution < -0.4 is 10.6 Å². The van der Waals surface area contributed by atoms with E-state index in [1.54, 1.807) is 0 Å². The van der Waals surface area contributed by atoms with Crippen molar-refractivity contribution in [1.29, 1.82) is 0 Å². The van der Waals surface area contributed by atoms with Gasteiger partial charge in [-0.2, -0.15) is 0 Å². The molecule has 0 bridgehead atoms. The molecule has 0 spiro atoms. The van der Waals surface area contributed by atoms with E-state index in [0.29, 0.717) is 5.92 Å². The third kappa shape index (κ3) is 5.36. The van der Waals surface area contributed by atoms with E-state index in [2.05, 4.69) is 22.5 Å². The number of likely N-dealkylation sites (tertiary alicyclic amines) is 1. The first-order valence-corrected chi connectivity index (χ1v) is 7.09. The van der Waals surface area contributed by atoms with Gasteiger partial charge in [-0.1, -0.05) is 6.92 Å². The lowest BCUT2D eigenvalue weighted by atomic mass is 10.1. The van der Waals surface area contributed by atoms with Gasteiger partial charge in [0.2, 0.25) is 5.91 Å². The Labute approximate surface area is 111 Å². The SMILES string of the molecule is CCN1CCC(CNC(C)C(=O)NC(C)(C)C)C1. The van der Waals surface area contributed by atoms with Crippen LogP contribution in [0.4, 0.5) is 0 Å². The Bertz CT molecular complexity index is 273. The summed E-state index contributed by atoms with van der Waals surface area (Å²) in [5, 5.41) is 6.36. The highest BCUT2D eigenvalue weighted by molar-refractivity contribution is 5.81. The van der Waals surface area contributed by atoms with E-state index in [9.17, 15) is 4.79 Å². The van der Waals surface area contributed by atoms with Crippen LogP contribution in [-0.4, -0.2) is 48.6 Å². The first kappa shape index (κ1) is 15.4. The summed E-state index contributed by atoms with van der Waals surface area (Å²) in [5.41, 5.74) is -0.153. The Morgan fingerprint density at radius 2 is 2.11 bits per heavy atom. The van der Waals surface area contributed by atoms with Crippen molar-refractivity contribution >= 4 is 5.91 Å². The first-order chi connectivity index (χ1) is 8.31. The zero-order chi connectivity index (χ0) is 13.8. The van der Waals surface area contributed by atoms with E-state index in [-0.39, 0.29) is 17.5 Å². The van der Waals surface area contributed by atoms with E-state index in [0.717, 1.165) is 19.6 Å². The largest absolute Gasteiger partial charge is 0.350 e. The molecule has 4 nitrogen and oxygen atoms in total. The molecule has 2 unspecified atom stereocenters. The molecule has 2 N–H and O–H groups in total. The quantitative estimate of drug-likeness (QED) is 0.776. The van der Waals surface area contributed by atoms with Crippen molar-refractivity contribution in [2.24, 2.45) is 5.92 Å². The zero-order valence-electron chi connectivity index (χ0n) is 12.5. The number of carbonyl (C=O) groups excluding carboxylic acids is 1. The van der Waals surface area contributed by atoms with Crippen LogP contribution in [0, 0.1) is 5.92 Å². The van der Waals surface area contributed by atoms with Crippen molar-refractivity contribution in [3.8, 4) is 0 Å². The molecule has 0 radical (unpaired) electrons. The maximum atomic E-state index is 11.9. The van der Waals surface area contributed by atoms with Gasteiger partial charge >= 0.3 is 0 Å². The minimum absolute atomic E-state index is 0.0906. The highest BCUT2D eigenvalue weighted by Crippen LogP contribution is 2.14. The van der Waals surface area contributed by atoms with Gasteiger partial charge < -0.3 is 15.5 Å². The second kappa shape index (κ2) is 6.53. The van der Waals surface area contributed by atoms with Gasteiger partial charge in [0, 0.05) is 12.1 Å². The fourth-order valence-corrected chi connectivity index (χ4v) is 2.28. The molecule has 2 atom stereocenters. The van der Waals surface area contributed by atoms with E-state index in [4.69, 9.17) is 0 Å². The third-order valence-corrected chi connectivity index (χ3v) is 3.42. The number of hydrogen-bond acceptors (Lipinski definition) is 3. The van der Waals surface area contributed by atoms with Gasteiger partial charge in [0.25, 0.3) is 0 Å². The topological polar surface area (TPSA) is 44.4 Å². The average Bonchev–Trinajstić information content (AvgIpc) is 2.71. The van der Waals surface area contributed by atoms with E-state index in [1.807, 2.05) is 27.7 Å². The van der Waals surface area contributed by atoms with Gasteiger partial charge in [-0.15, -0.1) is 0 Å². The molecule has 0 aliphatic carbocycles. The maximum Gasteiger partial charge on any atom is 0.237 e. The van der Waals surface area contributed by atoms with Crippen molar-refractivity contribution < 1.29 is 4.79 Å². The molecule has 1 aliphatic rings. The Kier molecular flexibility index (Phi) is 5.60. The van der Waals surface area contributed by atoms with Gasteiger partial charge in [0.15, 0.2) is 0 Å². The molecule has 1 aliphatic heterocycles. The van der Waals surface area contributed by atoms with Gasteiger partial charge in [-0.05, 0) is 59.7 Å². The Hall–Kier alpha value is -0.610. The molecule has 4 heteroatoms. The summed E-state index contributed by atoms with van der Waals surface area (Å²) in [6, 6.07) is -0.111. The van der Waals surface area contributed by atoms with E-state index >= 15 is 0 Å².